The van der Waals surface area contributed by atoms with Crippen molar-refractivity contribution < 1.29 is 14.8 Å². The summed E-state index contributed by atoms with van der Waals surface area (Å²) < 4.78 is 0. The van der Waals surface area contributed by atoms with Crippen LogP contribution < -0.4 is 5.32 Å². The zero-order valence-electron chi connectivity index (χ0n) is 9.58. The molecule has 18 heavy (non-hydrogen) atoms. The van der Waals surface area contributed by atoms with Gasteiger partial charge in [-0.15, -0.1) is 12.3 Å². The number of carbonyl (C=O) groups is 1. The molecule has 1 heterocycles. The molecule has 1 atom stereocenters. The van der Waals surface area contributed by atoms with E-state index in [1.54, 1.807) is 6.92 Å². The predicted octanol–water partition coefficient (Wildman–Crippen LogP) is 1.19. The smallest absolute Gasteiger partial charge is 0.327 e. The fraction of sp³-hybridized carbons (Fsp3) is 0.273. The molecule has 7 heteroatoms. The van der Waals surface area contributed by atoms with Gasteiger partial charge < -0.3 is 10.4 Å². The summed E-state index contributed by atoms with van der Waals surface area (Å²) in [7, 11) is 0. The van der Waals surface area contributed by atoms with Crippen molar-refractivity contribution >= 4 is 17.5 Å². The molecule has 0 aliphatic rings. The fourth-order valence-electron chi connectivity index (χ4n) is 1.29. The average molecular weight is 249 g/mol. The van der Waals surface area contributed by atoms with Gasteiger partial charge in [-0.3, -0.25) is 10.1 Å². The first kappa shape index (κ1) is 13.4. The summed E-state index contributed by atoms with van der Waals surface area (Å²) in [4.78, 5) is 25.0. The van der Waals surface area contributed by atoms with Crippen LogP contribution in [0.4, 0.5) is 11.5 Å². The Hall–Kier alpha value is -2.62. The second kappa shape index (κ2) is 5.63. The van der Waals surface area contributed by atoms with Crippen molar-refractivity contribution in [2.75, 3.05) is 5.32 Å². The van der Waals surface area contributed by atoms with Crippen molar-refractivity contribution in [3.8, 4) is 12.3 Å². The Kier molecular flexibility index (Phi) is 4.21. The molecule has 0 bridgehead atoms. The number of nitrogens with one attached hydrogen (secondary N) is 1. The van der Waals surface area contributed by atoms with Gasteiger partial charge in [-0.25, -0.2) is 9.78 Å². The second-order valence-electron chi connectivity index (χ2n) is 3.52. The summed E-state index contributed by atoms with van der Waals surface area (Å²) >= 11 is 0. The van der Waals surface area contributed by atoms with Crippen LogP contribution >= 0.6 is 0 Å². The highest BCUT2D eigenvalue weighted by Gasteiger charge is 2.22. The summed E-state index contributed by atoms with van der Waals surface area (Å²) in [6, 6.07) is 1.63. The Bertz CT molecular complexity index is 522. The summed E-state index contributed by atoms with van der Waals surface area (Å²) in [5.41, 5.74) is 0.247. The minimum absolute atomic E-state index is 0.0948. The van der Waals surface area contributed by atoms with Gasteiger partial charge in [0.05, 0.1) is 4.92 Å². The molecule has 2 N–H and O–H groups in total. The lowest BCUT2D eigenvalue weighted by molar-refractivity contribution is -0.384. The van der Waals surface area contributed by atoms with Crippen molar-refractivity contribution in [2.45, 2.75) is 19.4 Å². The Morgan fingerprint density at radius 3 is 2.89 bits per heavy atom. The summed E-state index contributed by atoms with van der Waals surface area (Å²) in [5.74, 6) is 0.908. The number of terminal acetylenes is 1. The van der Waals surface area contributed by atoms with Crippen molar-refractivity contribution in [3.05, 3.63) is 27.9 Å². The van der Waals surface area contributed by atoms with Crippen molar-refractivity contribution in [1.29, 1.82) is 0 Å². The summed E-state index contributed by atoms with van der Waals surface area (Å²) in [5, 5.41) is 22.2. The molecule has 7 nitrogen and oxygen atoms in total. The first-order valence-electron chi connectivity index (χ1n) is 5.00. The number of rotatable bonds is 5. The lowest BCUT2D eigenvalue weighted by atomic mass is 10.2. The zero-order valence-corrected chi connectivity index (χ0v) is 9.58. The molecule has 1 aromatic heterocycles. The number of aryl methyl sites for hydroxylation is 1. The molecule has 94 valence electrons. The van der Waals surface area contributed by atoms with E-state index in [9.17, 15) is 14.9 Å². The molecule has 0 fully saturated rings. The van der Waals surface area contributed by atoms with E-state index in [1.165, 1.54) is 12.1 Å². The maximum Gasteiger partial charge on any atom is 0.327 e. The molecule has 0 aliphatic heterocycles. The monoisotopic (exact) mass is 249 g/mol. The van der Waals surface area contributed by atoms with Crippen molar-refractivity contribution in [3.63, 3.8) is 0 Å². The van der Waals surface area contributed by atoms with Crippen LogP contribution in [0.3, 0.4) is 0 Å². The summed E-state index contributed by atoms with van der Waals surface area (Å²) in [6.45, 7) is 1.64. The first-order valence-corrected chi connectivity index (χ1v) is 5.00. The van der Waals surface area contributed by atoms with Crippen LogP contribution in [-0.2, 0) is 4.79 Å². The number of hydrogen-bond donors (Lipinski definition) is 2. The second-order valence-corrected chi connectivity index (χ2v) is 3.52. The lowest BCUT2D eigenvalue weighted by Crippen LogP contribution is -2.29. The molecule has 1 rings (SSSR count). The van der Waals surface area contributed by atoms with Gasteiger partial charge in [0.25, 0.3) is 0 Å². The Morgan fingerprint density at radius 2 is 2.39 bits per heavy atom. The minimum Gasteiger partial charge on any atom is -0.480 e. The highest BCUT2D eigenvalue weighted by molar-refractivity contribution is 5.78. The molecule has 1 unspecified atom stereocenters. The maximum atomic E-state index is 10.9. The topological polar surface area (TPSA) is 105 Å². The third-order valence-corrected chi connectivity index (χ3v) is 2.14. The molecular formula is C11H11N3O4. The molecule has 1 aromatic rings. The highest BCUT2D eigenvalue weighted by Crippen LogP contribution is 2.23. The molecular weight excluding hydrogens is 238 g/mol. The van der Waals surface area contributed by atoms with Gasteiger partial charge in [-0.2, -0.15) is 0 Å². The SMILES string of the molecule is C#CCC(Nc1nc(C)ccc1[N+](=O)[O-])C(=O)O. The van der Waals surface area contributed by atoms with Crippen LogP contribution in [0.25, 0.3) is 0 Å². The molecule has 0 saturated carbocycles. The van der Waals surface area contributed by atoms with E-state index in [0.717, 1.165) is 0 Å². The molecule has 0 aromatic carbocycles. The van der Waals surface area contributed by atoms with Crippen molar-refractivity contribution in [2.24, 2.45) is 0 Å². The normalized spacial score (nSPS) is 11.3. The minimum atomic E-state index is -1.19. The van der Waals surface area contributed by atoms with Crippen molar-refractivity contribution in [1.82, 2.24) is 4.98 Å². The largest absolute Gasteiger partial charge is 0.480 e. The van der Waals surface area contributed by atoms with Crippen LogP contribution in [-0.4, -0.2) is 27.0 Å². The van der Waals surface area contributed by atoms with E-state index in [4.69, 9.17) is 11.5 Å². The Morgan fingerprint density at radius 1 is 1.72 bits per heavy atom. The van der Waals surface area contributed by atoms with Crippen LogP contribution in [0.5, 0.6) is 0 Å². The number of nitrogens with zero attached hydrogens (tertiary/aromatic N) is 2. The number of carboxylic acid groups (broad SMARTS) is 1. The molecule has 0 aliphatic carbocycles. The van der Waals surface area contributed by atoms with E-state index in [1.807, 2.05) is 0 Å². The standard InChI is InChI=1S/C11H11N3O4/c1-3-4-8(11(15)16)13-10-9(14(17)18)6-5-7(2)12-10/h1,5-6,8H,4H2,2H3,(H,12,13)(H,15,16). The van der Waals surface area contributed by atoms with E-state index in [0.29, 0.717) is 5.69 Å². The number of anilines is 1. The Labute approximate surface area is 103 Å². The fourth-order valence-corrected chi connectivity index (χ4v) is 1.29. The predicted molar refractivity (Wildman–Crippen MR) is 64.1 cm³/mol. The van der Waals surface area contributed by atoms with E-state index >= 15 is 0 Å². The van der Waals surface area contributed by atoms with Crippen LogP contribution in [0.2, 0.25) is 0 Å². The number of hydrogen-bond acceptors (Lipinski definition) is 5. The van der Waals surface area contributed by atoms with Gasteiger partial charge in [0.1, 0.15) is 6.04 Å². The highest BCUT2D eigenvalue weighted by atomic mass is 16.6. The maximum absolute atomic E-state index is 10.9. The zero-order chi connectivity index (χ0) is 13.7. The van der Waals surface area contributed by atoms with Crippen LogP contribution in [0.15, 0.2) is 12.1 Å². The number of aliphatic carboxylic acids is 1. The number of nitro groups is 1. The number of aromatic nitrogens is 1. The van der Waals surface area contributed by atoms with Gasteiger partial charge in [-0.05, 0) is 13.0 Å². The molecule has 0 saturated heterocycles. The summed E-state index contributed by atoms with van der Waals surface area (Å²) in [6.07, 6.45) is 4.95. The molecule has 0 amide bonds. The van der Waals surface area contributed by atoms with E-state index in [2.05, 4.69) is 16.2 Å². The van der Waals surface area contributed by atoms with Gasteiger partial charge in [-0.1, -0.05) is 0 Å². The van der Waals surface area contributed by atoms with E-state index < -0.39 is 16.9 Å². The third-order valence-electron chi connectivity index (χ3n) is 2.14. The number of pyridine rings is 1. The third kappa shape index (κ3) is 3.18. The average Bonchev–Trinajstić information content (AvgIpc) is 2.28. The molecule has 0 radical (unpaired) electrons. The lowest BCUT2D eigenvalue weighted by Gasteiger charge is -2.12. The van der Waals surface area contributed by atoms with Crippen LogP contribution in [0.1, 0.15) is 12.1 Å². The quantitative estimate of drug-likeness (QED) is 0.461. The van der Waals surface area contributed by atoms with Gasteiger partial charge >= 0.3 is 11.7 Å². The van der Waals surface area contributed by atoms with Gasteiger partial charge in [0.15, 0.2) is 0 Å². The van der Waals surface area contributed by atoms with Gasteiger partial charge in [0, 0.05) is 18.2 Å². The van der Waals surface area contributed by atoms with E-state index in [-0.39, 0.29) is 17.9 Å². The first-order chi connectivity index (χ1) is 8.45. The molecule has 0 spiro atoms. The number of carboxylic acids is 1. The van der Waals surface area contributed by atoms with Crippen LogP contribution in [0, 0.1) is 29.4 Å². The Balaban J connectivity index is 3.08. The van der Waals surface area contributed by atoms with Gasteiger partial charge in [0.2, 0.25) is 5.82 Å².